The first-order chi connectivity index (χ1) is 15.3. The maximum absolute atomic E-state index is 11.7. The third kappa shape index (κ3) is 3.42. The van der Waals surface area contributed by atoms with Crippen molar-refractivity contribution in [2.75, 3.05) is 6.26 Å². The van der Waals surface area contributed by atoms with Crippen LogP contribution in [0.15, 0.2) is 83.8 Å². The molecule has 158 valence electrons. The molecule has 6 nitrogen and oxygen atoms in total. The van der Waals surface area contributed by atoms with E-state index in [0.717, 1.165) is 38.5 Å². The number of benzene rings is 3. The van der Waals surface area contributed by atoms with Gasteiger partial charge in [0.2, 0.25) is 0 Å². The first kappa shape index (κ1) is 20.0. The maximum Gasteiger partial charge on any atom is 0.354 e. The molecule has 0 amide bonds. The van der Waals surface area contributed by atoms with E-state index in [1.165, 1.54) is 6.26 Å². The SMILES string of the molecule is CS(=O)(=O)c1ccc(-c2ccc(-c3nc(C(=O)O)cc4c3[nH]c3ccccc34)cc2)cc1. The lowest BCUT2D eigenvalue weighted by molar-refractivity contribution is 0.0691. The van der Waals surface area contributed by atoms with Crippen molar-refractivity contribution in [3.63, 3.8) is 0 Å². The van der Waals surface area contributed by atoms with Crippen LogP contribution < -0.4 is 0 Å². The summed E-state index contributed by atoms with van der Waals surface area (Å²) in [6.45, 7) is 0. The van der Waals surface area contributed by atoms with E-state index in [-0.39, 0.29) is 10.6 Å². The highest BCUT2D eigenvalue weighted by molar-refractivity contribution is 7.90. The molecule has 5 rings (SSSR count). The molecule has 0 aliphatic rings. The van der Waals surface area contributed by atoms with E-state index in [1.54, 1.807) is 30.3 Å². The smallest absolute Gasteiger partial charge is 0.354 e. The molecule has 0 fully saturated rings. The van der Waals surface area contributed by atoms with Gasteiger partial charge < -0.3 is 10.1 Å². The number of hydrogen-bond donors (Lipinski definition) is 2. The lowest BCUT2D eigenvalue weighted by Gasteiger charge is -2.08. The zero-order valence-electron chi connectivity index (χ0n) is 17.0. The molecule has 7 heteroatoms. The van der Waals surface area contributed by atoms with Gasteiger partial charge in [-0.05, 0) is 35.4 Å². The highest BCUT2D eigenvalue weighted by Crippen LogP contribution is 2.33. The van der Waals surface area contributed by atoms with Crippen molar-refractivity contribution in [2.24, 2.45) is 0 Å². The summed E-state index contributed by atoms with van der Waals surface area (Å²) in [6, 6.07) is 23.6. The Morgan fingerprint density at radius 2 is 1.44 bits per heavy atom. The number of hydrogen-bond acceptors (Lipinski definition) is 4. The van der Waals surface area contributed by atoms with Gasteiger partial charge in [-0.25, -0.2) is 18.2 Å². The Bertz CT molecular complexity index is 1600. The van der Waals surface area contributed by atoms with Crippen molar-refractivity contribution in [3.05, 3.63) is 84.6 Å². The van der Waals surface area contributed by atoms with Crippen LogP contribution in [0.5, 0.6) is 0 Å². The number of carbonyl (C=O) groups is 1. The van der Waals surface area contributed by atoms with Crippen molar-refractivity contribution < 1.29 is 18.3 Å². The van der Waals surface area contributed by atoms with E-state index in [0.29, 0.717) is 5.69 Å². The molecule has 32 heavy (non-hydrogen) atoms. The summed E-state index contributed by atoms with van der Waals surface area (Å²) in [4.78, 5) is 19.8. The minimum absolute atomic E-state index is 0.0160. The number of pyridine rings is 1. The molecular formula is C25H18N2O4S. The molecule has 0 bridgehead atoms. The number of H-pyrrole nitrogens is 1. The number of aromatic carboxylic acids is 1. The lowest BCUT2D eigenvalue weighted by atomic mass is 10.0. The second kappa shape index (κ2) is 7.32. The molecule has 0 saturated carbocycles. The van der Waals surface area contributed by atoms with Crippen molar-refractivity contribution in [3.8, 4) is 22.4 Å². The van der Waals surface area contributed by atoms with Crippen LogP contribution in [0.1, 0.15) is 10.5 Å². The second-order valence-corrected chi connectivity index (χ2v) is 9.64. The van der Waals surface area contributed by atoms with Gasteiger partial charge in [0.15, 0.2) is 9.84 Å². The van der Waals surface area contributed by atoms with E-state index in [1.807, 2.05) is 48.5 Å². The second-order valence-electron chi connectivity index (χ2n) is 7.63. The Morgan fingerprint density at radius 1 is 0.844 bits per heavy atom. The van der Waals surface area contributed by atoms with Gasteiger partial charge in [0.1, 0.15) is 5.69 Å². The van der Waals surface area contributed by atoms with Gasteiger partial charge in [0.05, 0.1) is 16.1 Å². The predicted octanol–water partition coefficient (Wildman–Crippen LogP) is 5.15. The Hall–Kier alpha value is -3.97. The van der Waals surface area contributed by atoms with E-state index in [2.05, 4.69) is 9.97 Å². The van der Waals surface area contributed by atoms with Crippen LogP contribution >= 0.6 is 0 Å². The Morgan fingerprint density at radius 3 is 2.06 bits per heavy atom. The molecule has 2 aromatic heterocycles. The number of aromatic amines is 1. The summed E-state index contributed by atoms with van der Waals surface area (Å²) in [7, 11) is -3.25. The van der Waals surface area contributed by atoms with Crippen LogP contribution in [-0.2, 0) is 9.84 Å². The molecular weight excluding hydrogens is 424 g/mol. The first-order valence-corrected chi connectivity index (χ1v) is 11.8. The van der Waals surface area contributed by atoms with Crippen LogP contribution in [0.4, 0.5) is 0 Å². The normalized spacial score (nSPS) is 11.8. The number of rotatable bonds is 4. The Balaban J connectivity index is 1.62. The number of para-hydroxylation sites is 1. The Kier molecular flexibility index (Phi) is 4.56. The van der Waals surface area contributed by atoms with Crippen molar-refractivity contribution in [1.29, 1.82) is 0 Å². The Labute approximate surface area is 184 Å². The van der Waals surface area contributed by atoms with E-state index in [9.17, 15) is 18.3 Å². The molecule has 0 saturated heterocycles. The van der Waals surface area contributed by atoms with Crippen LogP contribution in [0.3, 0.4) is 0 Å². The molecule has 0 aliphatic heterocycles. The zero-order chi connectivity index (χ0) is 22.5. The van der Waals surface area contributed by atoms with Gasteiger partial charge in [0, 0.05) is 28.1 Å². The third-order valence-corrected chi connectivity index (χ3v) is 6.62. The predicted molar refractivity (Wildman–Crippen MR) is 125 cm³/mol. The van der Waals surface area contributed by atoms with Gasteiger partial charge in [-0.15, -0.1) is 0 Å². The summed E-state index contributed by atoms with van der Waals surface area (Å²) in [5.41, 5.74) is 4.81. The quantitative estimate of drug-likeness (QED) is 0.401. The minimum atomic E-state index is -3.25. The topological polar surface area (TPSA) is 100 Å². The van der Waals surface area contributed by atoms with Gasteiger partial charge in [-0.2, -0.15) is 0 Å². The lowest BCUT2D eigenvalue weighted by Crippen LogP contribution is -2.01. The van der Waals surface area contributed by atoms with Crippen LogP contribution in [0.25, 0.3) is 44.2 Å². The fourth-order valence-electron chi connectivity index (χ4n) is 3.88. The molecule has 0 unspecified atom stereocenters. The van der Waals surface area contributed by atoms with Crippen molar-refractivity contribution in [1.82, 2.24) is 9.97 Å². The molecule has 2 N–H and O–H groups in total. The largest absolute Gasteiger partial charge is 0.477 e. The van der Waals surface area contributed by atoms with Crippen LogP contribution in [0, 0.1) is 0 Å². The average Bonchev–Trinajstić information content (AvgIpc) is 3.17. The summed E-state index contributed by atoms with van der Waals surface area (Å²) < 4.78 is 23.4. The van der Waals surface area contributed by atoms with Crippen LogP contribution in [0.2, 0.25) is 0 Å². The fourth-order valence-corrected chi connectivity index (χ4v) is 4.51. The van der Waals surface area contributed by atoms with Crippen molar-refractivity contribution >= 4 is 37.6 Å². The highest BCUT2D eigenvalue weighted by atomic mass is 32.2. The monoisotopic (exact) mass is 442 g/mol. The number of aromatic nitrogens is 2. The number of carboxylic acids is 1. The minimum Gasteiger partial charge on any atom is -0.477 e. The fraction of sp³-hybridized carbons (Fsp3) is 0.0400. The van der Waals surface area contributed by atoms with E-state index in [4.69, 9.17) is 0 Å². The first-order valence-electron chi connectivity index (χ1n) is 9.87. The molecule has 0 aliphatic carbocycles. The van der Waals surface area contributed by atoms with E-state index >= 15 is 0 Å². The van der Waals surface area contributed by atoms with Gasteiger partial charge in [-0.1, -0.05) is 54.6 Å². The molecule has 0 spiro atoms. The average molecular weight is 442 g/mol. The standard InChI is InChI=1S/C25H18N2O4S/c1-32(30,31)18-12-10-16(11-13-18)15-6-8-17(9-7-15)23-24-20(14-22(27-23)25(28)29)19-4-2-3-5-21(19)26-24/h2-14,26H,1H3,(H,28,29). The molecule has 3 aromatic carbocycles. The highest BCUT2D eigenvalue weighted by Gasteiger charge is 2.16. The summed E-state index contributed by atoms with van der Waals surface area (Å²) >= 11 is 0. The number of sulfone groups is 1. The number of nitrogens with zero attached hydrogens (tertiary/aromatic N) is 1. The zero-order valence-corrected chi connectivity index (χ0v) is 17.8. The summed E-state index contributed by atoms with van der Waals surface area (Å²) in [5.74, 6) is -1.08. The van der Waals surface area contributed by atoms with Gasteiger partial charge in [0.25, 0.3) is 0 Å². The maximum atomic E-state index is 11.7. The van der Waals surface area contributed by atoms with Gasteiger partial charge >= 0.3 is 5.97 Å². The van der Waals surface area contributed by atoms with E-state index < -0.39 is 15.8 Å². The number of nitrogens with one attached hydrogen (secondary N) is 1. The number of fused-ring (bicyclic) bond motifs is 3. The van der Waals surface area contributed by atoms with Gasteiger partial charge in [-0.3, -0.25) is 0 Å². The van der Waals surface area contributed by atoms with Crippen LogP contribution in [-0.4, -0.2) is 35.7 Å². The molecule has 0 radical (unpaired) electrons. The molecule has 5 aromatic rings. The third-order valence-electron chi connectivity index (χ3n) is 5.49. The number of carboxylic acid groups (broad SMARTS) is 1. The summed E-state index contributed by atoms with van der Waals surface area (Å²) in [5, 5.41) is 11.3. The molecule has 2 heterocycles. The van der Waals surface area contributed by atoms with Crippen molar-refractivity contribution in [2.45, 2.75) is 4.90 Å². The summed E-state index contributed by atoms with van der Waals surface area (Å²) in [6.07, 6.45) is 1.18. The molecule has 0 atom stereocenters.